The molecule has 0 amide bonds. The topological polar surface area (TPSA) is 0 Å². The maximum atomic E-state index is 2.58. The van der Waals surface area contributed by atoms with Gasteiger partial charge < -0.3 is 0 Å². The summed E-state index contributed by atoms with van der Waals surface area (Å²) in [6.07, 6.45) is 13.2. The molecule has 0 aromatic rings. The summed E-state index contributed by atoms with van der Waals surface area (Å²) < 4.78 is 0. The molecular weight excluding hydrogens is 238 g/mol. The molecule has 0 saturated carbocycles. The average Bonchev–Trinajstić information content (AvgIpc) is 2.29. The Bertz CT molecular complexity index is 180. The van der Waals surface area contributed by atoms with Gasteiger partial charge in [-0.15, -0.1) is 0 Å². The summed E-state index contributed by atoms with van der Waals surface area (Å²) in [6.45, 7) is 14.8. The van der Waals surface area contributed by atoms with Gasteiger partial charge in [-0.25, -0.2) is 0 Å². The summed E-state index contributed by atoms with van der Waals surface area (Å²) in [5.41, 5.74) is 0. The summed E-state index contributed by atoms with van der Waals surface area (Å²) in [5, 5.41) is 0. The van der Waals surface area contributed by atoms with E-state index in [4.69, 9.17) is 0 Å². The van der Waals surface area contributed by atoms with Gasteiger partial charge in [0.2, 0.25) is 0 Å². The molecule has 0 rings (SSSR count). The molecule has 0 aliphatic heterocycles. The van der Waals surface area contributed by atoms with E-state index in [-0.39, 0.29) is 25.0 Å². The van der Waals surface area contributed by atoms with Crippen LogP contribution >= 0.6 is 0 Å². The van der Waals surface area contributed by atoms with Crippen LogP contribution in [0.15, 0.2) is 0 Å². The van der Waals surface area contributed by atoms with Crippen LogP contribution in [0.5, 0.6) is 0 Å². The summed E-state index contributed by atoms with van der Waals surface area (Å²) >= 11 is 0. The Kier molecular flexibility index (Phi) is 13.4. The molecule has 0 aliphatic carbocycles. The van der Waals surface area contributed by atoms with Crippen LogP contribution < -0.4 is 18.9 Å². The van der Waals surface area contributed by atoms with E-state index in [1.165, 1.54) is 38.5 Å². The minimum atomic E-state index is -0.915. The van der Waals surface area contributed by atoms with Gasteiger partial charge in [-0.1, -0.05) is 78.9 Å². The van der Waals surface area contributed by atoms with Crippen LogP contribution in [0.3, 0.4) is 0 Å². The second-order valence-corrected chi connectivity index (χ2v) is 13.5. The van der Waals surface area contributed by atoms with E-state index in [9.17, 15) is 0 Å². The van der Waals surface area contributed by atoms with Crippen LogP contribution in [-0.2, 0) is 0 Å². The van der Waals surface area contributed by atoms with Gasteiger partial charge in [-0.3, -0.25) is 0 Å². The Morgan fingerprint density at radius 3 is 1.21 bits per heavy atom. The van der Waals surface area contributed by atoms with Crippen molar-refractivity contribution in [2.75, 3.05) is 0 Å². The molecule has 0 saturated heterocycles. The zero-order chi connectivity index (χ0) is 14.1. The third-order valence-electron chi connectivity index (χ3n) is 4.56. The first-order valence-corrected chi connectivity index (χ1v) is 12.3. The quantitative estimate of drug-likeness (QED) is 0.505. The second kappa shape index (κ2) is 11.5. The van der Waals surface area contributed by atoms with E-state index in [2.05, 4.69) is 40.4 Å². The van der Waals surface area contributed by atoms with Gasteiger partial charge in [0.15, 0.2) is 0 Å². The molecule has 0 heterocycles. The van der Waals surface area contributed by atoms with Crippen LogP contribution in [-0.4, -0.2) is 14.2 Å². The minimum absolute atomic E-state index is 0. The minimum Gasteiger partial charge on any atom is -0.182 e. The van der Waals surface area contributed by atoms with Crippen LogP contribution in [0.25, 0.3) is 0 Å². The molecule has 0 aromatic carbocycles. The third-order valence-corrected chi connectivity index (χ3v) is 6.65. The molecule has 110 valence electrons. The largest absolute Gasteiger partial charge is 1.00 e. The van der Waals surface area contributed by atoms with Crippen molar-refractivity contribution in [2.45, 2.75) is 104 Å². The van der Waals surface area contributed by atoms with Gasteiger partial charge >= 0.3 is 18.9 Å². The van der Waals surface area contributed by atoms with Crippen molar-refractivity contribution in [2.24, 2.45) is 0 Å². The first-order valence-electron chi connectivity index (χ1n) is 8.61. The maximum Gasteiger partial charge on any atom is 1.00 e. The van der Waals surface area contributed by atoms with E-state index in [0.29, 0.717) is 0 Å². The van der Waals surface area contributed by atoms with Crippen LogP contribution in [0.2, 0.25) is 44.5 Å². The van der Waals surface area contributed by atoms with E-state index in [1.807, 2.05) is 0 Å². The second-order valence-electron chi connectivity index (χ2n) is 7.92. The summed E-state index contributed by atoms with van der Waals surface area (Å²) in [4.78, 5) is 0. The average molecular weight is 276 g/mol. The van der Waals surface area contributed by atoms with Crippen LogP contribution in [0, 0.1) is 0 Å². The molecule has 0 aromatic heterocycles. The predicted molar refractivity (Wildman–Crippen MR) is 93.1 cm³/mol. The molecular formula is C16H38BLiSi. The molecule has 0 radical (unpaired) electrons. The van der Waals surface area contributed by atoms with E-state index in [1.54, 1.807) is 24.9 Å². The summed E-state index contributed by atoms with van der Waals surface area (Å²) in [5.74, 6) is 1.62. The molecule has 0 bridgehead atoms. The van der Waals surface area contributed by atoms with Crippen molar-refractivity contribution in [1.82, 2.24) is 0 Å². The molecule has 0 fully saturated rings. The van der Waals surface area contributed by atoms with Crippen molar-refractivity contribution >= 4 is 14.2 Å². The van der Waals surface area contributed by atoms with Crippen LogP contribution in [0.1, 0.15) is 59.3 Å². The van der Waals surface area contributed by atoms with Crippen molar-refractivity contribution in [3.8, 4) is 0 Å². The summed E-state index contributed by atoms with van der Waals surface area (Å²) in [7, 11) is -0.915. The standard InChI is InChI=1S/C16H38BSi.Li/c1-7-10-13-17(14-11-8-2,15-12-9-3)16-18(4,5)6;/h7-16H2,1-6H3;/q-1;+1. The van der Waals surface area contributed by atoms with Gasteiger partial charge in [0.25, 0.3) is 0 Å². The maximum absolute atomic E-state index is 2.58. The van der Waals surface area contributed by atoms with E-state index in [0.717, 1.165) is 0 Å². The number of hydrogen-bond donors (Lipinski definition) is 0. The van der Waals surface area contributed by atoms with E-state index >= 15 is 0 Å². The monoisotopic (exact) mass is 276 g/mol. The fourth-order valence-electron chi connectivity index (χ4n) is 3.95. The zero-order valence-electron chi connectivity index (χ0n) is 15.1. The smallest absolute Gasteiger partial charge is 0.182 e. The fourth-order valence-corrected chi connectivity index (χ4v) is 7.16. The number of unbranched alkanes of at least 4 members (excludes halogenated alkanes) is 3. The van der Waals surface area contributed by atoms with Gasteiger partial charge in [0.1, 0.15) is 0 Å². The fraction of sp³-hybridized carbons (Fsp3) is 1.00. The van der Waals surface area contributed by atoms with Gasteiger partial charge in [-0.2, -0.15) is 24.9 Å². The molecule has 3 heteroatoms. The molecule has 0 nitrogen and oxygen atoms in total. The Hall–Kier alpha value is 0.879. The summed E-state index contributed by atoms with van der Waals surface area (Å²) in [6, 6.07) is 0. The van der Waals surface area contributed by atoms with Crippen molar-refractivity contribution in [1.29, 1.82) is 0 Å². The van der Waals surface area contributed by atoms with Gasteiger partial charge in [0.05, 0.1) is 0 Å². The predicted octanol–water partition coefficient (Wildman–Crippen LogP) is 3.72. The molecule has 19 heavy (non-hydrogen) atoms. The molecule has 0 atom stereocenters. The molecule has 0 spiro atoms. The third kappa shape index (κ3) is 11.2. The Morgan fingerprint density at radius 1 is 0.684 bits per heavy atom. The Labute approximate surface area is 137 Å². The van der Waals surface area contributed by atoms with Crippen molar-refractivity contribution in [3.05, 3.63) is 0 Å². The number of hydrogen-bond acceptors (Lipinski definition) is 0. The van der Waals surface area contributed by atoms with Crippen molar-refractivity contribution < 1.29 is 18.9 Å². The molecule has 0 unspecified atom stereocenters. The molecule has 0 N–H and O–H groups in total. The first kappa shape index (κ1) is 22.2. The SMILES string of the molecule is CCCC[B-](CCCC)(CCCC)C[Si](C)(C)C.[Li+]. The van der Waals surface area contributed by atoms with Crippen LogP contribution in [0.4, 0.5) is 0 Å². The normalized spacial score (nSPS) is 12.3. The number of rotatable bonds is 11. The van der Waals surface area contributed by atoms with Crippen molar-refractivity contribution in [3.63, 3.8) is 0 Å². The molecule has 0 aliphatic rings. The van der Waals surface area contributed by atoms with Gasteiger partial charge in [0, 0.05) is 8.07 Å². The Morgan fingerprint density at radius 2 is 1.00 bits per heavy atom. The van der Waals surface area contributed by atoms with Gasteiger partial charge in [-0.05, 0) is 6.15 Å². The zero-order valence-corrected chi connectivity index (χ0v) is 16.1. The Balaban J connectivity index is 0. The first-order chi connectivity index (χ1) is 8.39. The van der Waals surface area contributed by atoms with E-state index < -0.39 is 8.07 Å².